The van der Waals surface area contributed by atoms with Gasteiger partial charge < -0.3 is 10.6 Å². The lowest BCUT2D eigenvalue weighted by atomic mass is 10.1. The van der Waals surface area contributed by atoms with Crippen LogP contribution in [0.15, 0.2) is 48.5 Å². The first-order chi connectivity index (χ1) is 10.2. The third-order valence-corrected chi connectivity index (χ3v) is 3.26. The Balaban J connectivity index is 2.29. The Labute approximate surface area is 125 Å². The molecule has 0 aliphatic heterocycles. The van der Waals surface area contributed by atoms with Crippen molar-refractivity contribution in [3.05, 3.63) is 65.5 Å². The van der Waals surface area contributed by atoms with Crippen molar-refractivity contribution in [3.63, 3.8) is 0 Å². The van der Waals surface area contributed by atoms with Gasteiger partial charge in [0.2, 0.25) is 0 Å². The van der Waals surface area contributed by atoms with Gasteiger partial charge in [-0.3, -0.25) is 0 Å². The van der Waals surface area contributed by atoms with Crippen LogP contribution in [0.3, 0.4) is 0 Å². The van der Waals surface area contributed by atoms with Gasteiger partial charge in [0.15, 0.2) is 0 Å². The standard InChI is InChI=1S/C18H19FN2/c1-2-21(18-8-4-3-5-9-18)14-16-10-11-17(19)13-15(16)7-6-12-20/h3-5,8-11,13H,2,12,14,20H2,1H3. The SMILES string of the molecule is CCN(Cc1ccc(F)cc1C#CCN)c1ccccc1. The maximum atomic E-state index is 13.4. The van der Waals surface area contributed by atoms with Gasteiger partial charge in [0.1, 0.15) is 5.82 Å². The highest BCUT2D eigenvalue weighted by molar-refractivity contribution is 5.49. The van der Waals surface area contributed by atoms with Crippen LogP contribution in [0.1, 0.15) is 18.1 Å². The normalized spacial score (nSPS) is 9.86. The van der Waals surface area contributed by atoms with Gasteiger partial charge >= 0.3 is 0 Å². The molecule has 108 valence electrons. The minimum Gasteiger partial charge on any atom is -0.367 e. The Bertz CT molecular complexity index is 641. The molecule has 0 saturated heterocycles. The van der Waals surface area contributed by atoms with Crippen LogP contribution in [-0.2, 0) is 6.54 Å². The highest BCUT2D eigenvalue weighted by Gasteiger charge is 2.08. The van der Waals surface area contributed by atoms with Crippen LogP contribution in [0.5, 0.6) is 0 Å². The van der Waals surface area contributed by atoms with Crippen molar-refractivity contribution in [1.29, 1.82) is 0 Å². The number of para-hydroxylation sites is 1. The first-order valence-corrected chi connectivity index (χ1v) is 7.02. The molecular weight excluding hydrogens is 263 g/mol. The molecule has 2 aromatic rings. The van der Waals surface area contributed by atoms with Crippen LogP contribution < -0.4 is 10.6 Å². The molecule has 0 bridgehead atoms. The predicted octanol–water partition coefficient (Wildman–Crippen LogP) is 3.16. The summed E-state index contributed by atoms with van der Waals surface area (Å²) in [6.07, 6.45) is 0. The fourth-order valence-corrected chi connectivity index (χ4v) is 2.18. The van der Waals surface area contributed by atoms with Gasteiger partial charge in [0, 0.05) is 24.3 Å². The summed E-state index contributed by atoms with van der Waals surface area (Å²) in [5.41, 5.74) is 8.25. The maximum Gasteiger partial charge on any atom is 0.124 e. The van der Waals surface area contributed by atoms with E-state index in [1.54, 1.807) is 6.07 Å². The lowest BCUT2D eigenvalue weighted by Gasteiger charge is -2.23. The average Bonchev–Trinajstić information content (AvgIpc) is 2.53. The Hall–Kier alpha value is -2.31. The molecule has 0 radical (unpaired) electrons. The molecule has 0 saturated carbocycles. The number of nitrogens with two attached hydrogens (primary N) is 1. The van der Waals surface area contributed by atoms with E-state index in [0.29, 0.717) is 12.1 Å². The van der Waals surface area contributed by atoms with Crippen molar-refractivity contribution in [2.24, 2.45) is 5.73 Å². The second-order valence-electron chi connectivity index (χ2n) is 4.66. The number of rotatable bonds is 4. The van der Waals surface area contributed by atoms with E-state index in [4.69, 9.17) is 5.73 Å². The molecule has 2 N–H and O–H groups in total. The molecule has 0 atom stereocenters. The van der Waals surface area contributed by atoms with Crippen molar-refractivity contribution in [2.75, 3.05) is 18.0 Å². The molecule has 0 spiro atoms. The Kier molecular flexibility index (Phi) is 5.36. The summed E-state index contributed by atoms with van der Waals surface area (Å²) in [5, 5.41) is 0. The minimum absolute atomic E-state index is 0.270. The van der Waals surface area contributed by atoms with Crippen molar-refractivity contribution in [1.82, 2.24) is 0 Å². The number of hydrogen-bond acceptors (Lipinski definition) is 2. The molecule has 0 unspecified atom stereocenters. The van der Waals surface area contributed by atoms with Crippen LogP contribution in [0.4, 0.5) is 10.1 Å². The van der Waals surface area contributed by atoms with E-state index in [9.17, 15) is 4.39 Å². The number of hydrogen-bond donors (Lipinski definition) is 1. The van der Waals surface area contributed by atoms with Crippen LogP contribution in [-0.4, -0.2) is 13.1 Å². The summed E-state index contributed by atoms with van der Waals surface area (Å²) in [6.45, 7) is 3.93. The average molecular weight is 282 g/mol. The third kappa shape index (κ3) is 4.08. The maximum absolute atomic E-state index is 13.4. The van der Waals surface area contributed by atoms with E-state index in [2.05, 4.69) is 35.8 Å². The van der Waals surface area contributed by atoms with E-state index < -0.39 is 0 Å². The Morgan fingerprint density at radius 2 is 1.90 bits per heavy atom. The first kappa shape index (κ1) is 15.1. The quantitative estimate of drug-likeness (QED) is 0.873. The van der Waals surface area contributed by atoms with Gasteiger partial charge in [-0.2, -0.15) is 0 Å². The zero-order valence-electron chi connectivity index (χ0n) is 12.1. The van der Waals surface area contributed by atoms with Gasteiger partial charge in [-0.05, 0) is 36.8 Å². The zero-order chi connectivity index (χ0) is 15.1. The molecule has 0 aliphatic carbocycles. The summed E-state index contributed by atoms with van der Waals surface area (Å²) >= 11 is 0. The van der Waals surface area contributed by atoms with Gasteiger partial charge in [-0.1, -0.05) is 36.1 Å². The van der Waals surface area contributed by atoms with Crippen LogP contribution in [0.2, 0.25) is 0 Å². The minimum atomic E-state index is -0.275. The molecule has 2 nitrogen and oxygen atoms in total. The highest BCUT2D eigenvalue weighted by atomic mass is 19.1. The van der Waals surface area contributed by atoms with Crippen molar-refractivity contribution in [2.45, 2.75) is 13.5 Å². The molecule has 0 aromatic heterocycles. The molecule has 0 amide bonds. The summed E-state index contributed by atoms with van der Waals surface area (Å²) in [4.78, 5) is 2.22. The Morgan fingerprint density at radius 1 is 1.14 bits per heavy atom. The molecule has 21 heavy (non-hydrogen) atoms. The largest absolute Gasteiger partial charge is 0.367 e. The molecular formula is C18H19FN2. The smallest absolute Gasteiger partial charge is 0.124 e. The van der Waals surface area contributed by atoms with E-state index in [1.165, 1.54) is 12.1 Å². The van der Waals surface area contributed by atoms with E-state index in [-0.39, 0.29) is 12.4 Å². The second kappa shape index (κ2) is 7.47. The lowest BCUT2D eigenvalue weighted by molar-refractivity contribution is 0.626. The number of halogens is 1. The van der Waals surface area contributed by atoms with E-state index in [0.717, 1.165) is 17.8 Å². The summed E-state index contributed by atoms with van der Waals surface area (Å²) in [6, 6.07) is 14.9. The summed E-state index contributed by atoms with van der Waals surface area (Å²) in [7, 11) is 0. The van der Waals surface area contributed by atoms with E-state index in [1.807, 2.05) is 18.2 Å². The van der Waals surface area contributed by atoms with Crippen molar-refractivity contribution >= 4 is 5.69 Å². The lowest BCUT2D eigenvalue weighted by Crippen LogP contribution is -2.22. The van der Waals surface area contributed by atoms with Crippen molar-refractivity contribution in [3.8, 4) is 11.8 Å². The first-order valence-electron chi connectivity index (χ1n) is 7.02. The van der Waals surface area contributed by atoms with Gasteiger partial charge in [0.05, 0.1) is 6.54 Å². The van der Waals surface area contributed by atoms with Crippen molar-refractivity contribution < 1.29 is 4.39 Å². The number of benzene rings is 2. The number of anilines is 1. The Morgan fingerprint density at radius 3 is 2.57 bits per heavy atom. The van der Waals surface area contributed by atoms with E-state index >= 15 is 0 Å². The molecule has 2 rings (SSSR count). The summed E-state index contributed by atoms with van der Waals surface area (Å²) in [5.74, 6) is 5.47. The zero-order valence-corrected chi connectivity index (χ0v) is 12.1. The van der Waals surface area contributed by atoms with Gasteiger partial charge in [0.25, 0.3) is 0 Å². The topological polar surface area (TPSA) is 29.3 Å². The monoisotopic (exact) mass is 282 g/mol. The van der Waals surface area contributed by atoms with Crippen LogP contribution in [0, 0.1) is 17.7 Å². The predicted molar refractivity (Wildman–Crippen MR) is 85.5 cm³/mol. The fourth-order valence-electron chi connectivity index (χ4n) is 2.18. The van der Waals surface area contributed by atoms with Crippen LogP contribution in [0.25, 0.3) is 0 Å². The molecule has 3 heteroatoms. The molecule has 0 heterocycles. The highest BCUT2D eigenvalue weighted by Crippen LogP contribution is 2.19. The molecule has 2 aromatic carbocycles. The fraction of sp³-hybridized carbons (Fsp3) is 0.222. The van der Waals surface area contributed by atoms with Crippen LogP contribution >= 0.6 is 0 Å². The summed E-state index contributed by atoms with van der Waals surface area (Å²) < 4.78 is 13.4. The molecule has 0 aliphatic rings. The number of nitrogens with zero attached hydrogens (tertiary/aromatic N) is 1. The third-order valence-electron chi connectivity index (χ3n) is 3.26. The van der Waals surface area contributed by atoms with Gasteiger partial charge in [-0.25, -0.2) is 4.39 Å². The second-order valence-corrected chi connectivity index (χ2v) is 4.66. The van der Waals surface area contributed by atoms with Gasteiger partial charge in [-0.15, -0.1) is 0 Å². The molecule has 0 fully saturated rings.